The average Bonchev–Trinajstić information content (AvgIpc) is 2.58. The van der Waals surface area contributed by atoms with Crippen molar-refractivity contribution in [3.63, 3.8) is 0 Å². The van der Waals surface area contributed by atoms with Crippen LogP contribution in [0.2, 0.25) is 0 Å². The Hall–Kier alpha value is -0.690. The number of aromatic amines is 1. The van der Waals surface area contributed by atoms with E-state index in [9.17, 15) is 8.42 Å². The van der Waals surface area contributed by atoms with Crippen LogP contribution in [-0.2, 0) is 22.8 Å². The van der Waals surface area contributed by atoms with E-state index in [4.69, 9.17) is 12.2 Å². The zero-order chi connectivity index (χ0) is 12.2. The number of nitrogens with one attached hydrogen (secondary N) is 1. The molecule has 5 nitrogen and oxygen atoms in total. The number of nitrogens with zero attached hydrogens (tertiary/aromatic N) is 2. The van der Waals surface area contributed by atoms with Gasteiger partial charge in [-0.25, -0.2) is 8.42 Å². The van der Waals surface area contributed by atoms with Crippen molar-refractivity contribution in [2.45, 2.75) is 33.2 Å². The molecule has 0 aliphatic carbocycles. The van der Waals surface area contributed by atoms with Crippen molar-refractivity contribution in [3.8, 4) is 0 Å². The van der Waals surface area contributed by atoms with Crippen molar-refractivity contribution < 1.29 is 8.42 Å². The molecule has 0 saturated heterocycles. The normalized spacial score (nSPS) is 11.9. The summed E-state index contributed by atoms with van der Waals surface area (Å²) in [5.74, 6) is 1.12. The molecule has 1 N–H and O–H groups in total. The van der Waals surface area contributed by atoms with E-state index in [0.717, 1.165) is 18.7 Å². The van der Waals surface area contributed by atoms with E-state index >= 15 is 0 Å². The molecule has 0 aliphatic rings. The molecule has 1 heterocycles. The molecule has 7 heteroatoms. The molecular formula is C9H17N3O2S2. The molecule has 0 radical (unpaired) electrons. The highest BCUT2D eigenvalue weighted by molar-refractivity contribution is 7.91. The minimum atomic E-state index is -2.95. The van der Waals surface area contributed by atoms with Gasteiger partial charge in [0, 0.05) is 18.7 Å². The van der Waals surface area contributed by atoms with E-state index < -0.39 is 9.84 Å². The van der Waals surface area contributed by atoms with E-state index in [0.29, 0.717) is 11.3 Å². The summed E-state index contributed by atoms with van der Waals surface area (Å²) in [6.45, 7) is 4.09. The molecule has 0 unspecified atom stereocenters. The number of rotatable bonds is 6. The van der Waals surface area contributed by atoms with Gasteiger partial charge in [0.05, 0.1) is 5.75 Å². The van der Waals surface area contributed by atoms with E-state index in [1.165, 1.54) is 0 Å². The zero-order valence-corrected chi connectivity index (χ0v) is 11.2. The largest absolute Gasteiger partial charge is 0.303 e. The molecule has 1 aromatic heterocycles. The summed E-state index contributed by atoms with van der Waals surface area (Å²) in [7, 11) is -2.95. The minimum Gasteiger partial charge on any atom is -0.303 e. The standard InChI is InChI=1S/C9H17N3O2S2/c1-3-5-8-10-11-9(15)12(8)6-7-16(13,14)4-2/h3-7H2,1-2H3,(H,11,15). The van der Waals surface area contributed by atoms with Gasteiger partial charge < -0.3 is 4.57 Å². The zero-order valence-electron chi connectivity index (χ0n) is 9.56. The number of hydrogen-bond donors (Lipinski definition) is 1. The second-order valence-corrected chi connectivity index (χ2v) is 6.44. The highest BCUT2D eigenvalue weighted by Crippen LogP contribution is 2.03. The first-order valence-electron chi connectivity index (χ1n) is 5.34. The van der Waals surface area contributed by atoms with Gasteiger partial charge in [0.1, 0.15) is 5.82 Å². The predicted octanol–water partition coefficient (Wildman–Crippen LogP) is 1.33. The number of H-pyrrole nitrogens is 1. The fourth-order valence-corrected chi connectivity index (χ4v) is 2.36. The van der Waals surface area contributed by atoms with Crippen molar-refractivity contribution in [2.24, 2.45) is 0 Å². The Kier molecular flexibility index (Phi) is 4.67. The average molecular weight is 263 g/mol. The minimum absolute atomic E-state index is 0.119. The molecule has 0 saturated carbocycles. The Bertz CT molecular complexity index is 487. The smallest absolute Gasteiger partial charge is 0.195 e. The fourth-order valence-electron chi connectivity index (χ4n) is 1.37. The van der Waals surface area contributed by atoms with E-state index in [1.54, 1.807) is 11.5 Å². The van der Waals surface area contributed by atoms with Crippen molar-refractivity contribution >= 4 is 22.1 Å². The Morgan fingerprint density at radius 1 is 1.44 bits per heavy atom. The highest BCUT2D eigenvalue weighted by Gasteiger charge is 2.10. The Balaban J connectivity index is 2.81. The van der Waals surface area contributed by atoms with Crippen molar-refractivity contribution in [1.29, 1.82) is 0 Å². The number of sulfone groups is 1. The third-order valence-corrected chi connectivity index (χ3v) is 4.37. The molecular weight excluding hydrogens is 246 g/mol. The first-order chi connectivity index (χ1) is 7.50. The van der Waals surface area contributed by atoms with Gasteiger partial charge in [0.25, 0.3) is 0 Å². The van der Waals surface area contributed by atoms with E-state index in [-0.39, 0.29) is 11.5 Å². The van der Waals surface area contributed by atoms with Crippen LogP contribution >= 0.6 is 12.2 Å². The third-order valence-electron chi connectivity index (χ3n) is 2.38. The summed E-state index contributed by atoms with van der Waals surface area (Å²) in [6.07, 6.45) is 1.76. The van der Waals surface area contributed by atoms with Crippen LogP contribution in [0.25, 0.3) is 0 Å². The molecule has 0 atom stereocenters. The Morgan fingerprint density at radius 3 is 2.69 bits per heavy atom. The van der Waals surface area contributed by atoms with Crippen LogP contribution in [-0.4, -0.2) is 34.7 Å². The molecule has 0 aromatic carbocycles. The maximum Gasteiger partial charge on any atom is 0.195 e. The number of aryl methyl sites for hydroxylation is 1. The fraction of sp³-hybridized carbons (Fsp3) is 0.778. The van der Waals surface area contributed by atoms with Gasteiger partial charge in [0.15, 0.2) is 14.6 Å². The molecule has 1 aromatic rings. The van der Waals surface area contributed by atoms with Gasteiger partial charge in [-0.15, -0.1) is 0 Å². The maximum atomic E-state index is 11.4. The van der Waals surface area contributed by atoms with E-state index in [2.05, 4.69) is 10.2 Å². The van der Waals surface area contributed by atoms with Crippen LogP contribution in [0.4, 0.5) is 0 Å². The monoisotopic (exact) mass is 263 g/mol. The van der Waals surface area contributed by atoms with Crippen LogP contribution in [0, 0.1) is 4.77 Å². The summed E-state index contributed by atoms with van der Waals surface area (Å²) in [6, 6.07) is 0. The van der Waals surface area contributed by atoms with Crippen LogP contribution in [0.5, 0.6) is 0 Å². The van der Waals surface area contributed by atoms with Gasteiger partial charge in [-0.3, -0.25) is 5.10 Å². The van der Waals surface area contributed by atoms with Crippen molar-refractivity contribution in [2.75, 3.05) is 11.5 Å². The van der Waals surface area contributed by atoms with Gasteiger partial charge in [-0.2, -0.15) is 5.10 Å². The molecule has 0 bridgehead atoms. The molecule has 0 spiro atoms. The molecule has 0 aliphatic heterocycles. The summed E-state index contributed by atoms with van der Waals surface area (Å²) in [5, 5.41) is 6.78. The SMILES string of the molecule is CCCc1n[nH]c(=S)n1CCS(=O)(=O)CC. The second-order valence-electron chi connectivity index (χ2n) is 3.58. The molecule has 0 fully saturated rings. The van der Waals surface area contributed by atoms with Gasteiger partial charge in [-0.1, -0.05) is 13.8 Å². The van der Waals surface area contributed by atoms with Gasteiger partial charge in [0.2, 0.25) is 0 Å². The van der Waals surface area contributed by atoms with Gasteiger partial charge >= 0.3 is 0 Å². The quantitative estimate of drug-likeness (QED) is 0.786. The van der Waals surface area contributed by atoms with Crippen molar-refractivity contribution in [1.82, 2.24) is 14.8 Å². The summed E-state index contributed by atoms with van der Waals surface area (Å²) in [4.78, 5) is 0. The van der Waals surface area contributed by atoms with Crippen LogP contribution in [0.3, 0.4) is 0 Å². The topological polar surface area (TPSA) is 67.8 Å². The number of hydrogen-bond acceptors (Lipinski definition) is 4. The predicted molar refractivity (Wildman–Crippen MR) is 65.7 cm³/mol. The third kappa shape index (κ3) is 3.41. The van der Waals surface area contributed by atoms with Crippen LogP contribution in [0.1, 0.15) is 26.1 Å². The summed E-state index contributed by atoms with van der Waals surface area (Å²) in [5.41, 5.74) is 0. The Labute approximate surface area is 101 Å². The molecule has 1 rings (SSSR count). The number of aromatic nitrogens is 3. The lowest BCUT2D eigenvalue weighted by molar-refractivity contribution is 0.586. The van der Waals surface area contributed by atoms with Crippen LogP contribution < -0.4 is 0 Å². The Morgan fingerprint density at radius 2 is 2.12 bits per heavy atom. The maximum absolute atomic E-state index is 11.4. The highest BCUT2D eigenvalue weighted by atomic mass is 32.2. The second kappa shape index (κ2) is 5.58. The van der Waals surface area contributed by atoms with Crippen molar-refractivity contribution in [3.05, 3.63) is 10.6 Å². The lowest BCUT2D eigenvalue weighted by Crippen LogP contribution is -2.16. The first-order valence-corrected chi connectivity index (χ1v) is 7.57. The van der Waals surface area contributed by atoms with Crippen LogP contribution in [0.15, 0.2) is 0 Å². The molecule has 92 valence electrons. The lowest BCUT2D eigenvalue weighted by atomic mass is 10.3. The summed E-state index contributed by atoms with van der Waals surface area (Å²) >= 11 is 5.06. The van der Waals surface area contributed by atoms with E-state index in [1.807, 2.05) is 6.92 Å². The first kappa shape index (κ1) is 13.4. The van der Waals surface area contributed by atoms with Gasteiger partial charge in [-0.05, 0) is 18.6 Å². The lowest BCUT2D eigenvalue weighted by Gasteiger charge is -2.05. The molecule has 16 heavy (non-hydrogen) atoms. The molecule has 0 amide bonds. The summed E-state index contributed by atoms with van der Waals surface area (Å²) < 4.78 is 25.1.